The van der Waals surface area contributed by atoms with Crippen molar-refractivity contribution in [3.8, 4) is 0 Å². The van der Waals surface area contributed by atoms with Gasteiger partial charge in [0.25, 0.3) is 0 Å². The molecule has 1 aromatic heterocycles. The minimum Gasteiger partial charge on any atom is -0.464 e. The van der Waals surface area contributed by atoms with Crippen LogP contribution in [0.3, 0.4) is 0 Å². The van der Waals surface area contributed by atoms with Crippen LogP contribution in [-0.2, 0) is 19.6 Å². The number of rotatable bonds is 3. The van der Waals surface area contributed by atoms with Gasteiger partial charge < -0.3 is 4.74 Å². The first-order valence-electron chi connectivity index (χ1n) is 7.69. The summed E-state index contributed by atoms with van der Waals surface area (Å²) < 4.78 is 40.6. The van der Waals surface area contributed by atoms with Crippen LogP contribution in [0, 0.1) is 0 Å². The Bertz CT molecular complexity index is 874. The van der Waals surface area contributed by atoms with Gasteiger partial charge in [0.05, 0.1) is 18.3 Å². The number of fused-ring (bicyclic) bond motifs is 1. The van der Waals surface area contributed by atoms with Crippen LogP contribution in [0.4, 0.5) is 0 Å². The first-order chi connectivity index (χ1) is 11.6. The zero-order valence-electron chi connectivity index (χ0n) is 12.8. The maximum atomic E-state index is 12.9. The Balaban J connectivity index is 1.54. The summed E-state index contributed by atoms with van der Waals surface area (Å²) in [5.41, 5.74) is 1.01. The zero-order chi connectivity index (χ0) is 16.7. The molecule has 0 spiro atoms. The summed E-state index contributed by atoms with van der Waals surface area (Å²) in [5.74, 6) is -0.204. The lowest BCUT2D eigenvalue weighted by Crippen LogP contribution is -2.52. The van der Waals surface area contributed by atoms with Gasteiger partial charge in [-0.05, 0) is 12.1 Å². The Labute approximate surface area is 143 Å². The van der Waals surface area contributed by atoms with Crippen LogP contribution < -0.4 is 0 Å². The molecule has 128 valence electrons. The van der Waals surface area contributed by atoms with Crippen molar-refractivity contribution in [1.29, 1.82) is 0 Å². The molecule has 2 saturated heterocycles. The molecule has 1 aromatic carbocycles. The summed E-state index contributed by atoms with van der Waals surface area (Å²) in [6.07, 6.45) is 0.676. The number of aromatic nitrogens is 2. The van der Waals surface area contributed by atoms with Gasteiger partial charge in [0.2, 0.25) is 10.0 Å². The number of nitrogens with zero attached hydrogens (tertiary/aromatic N) is 4. The largest absolute Gasteiger partial charge is 0.464 e. The molecule has 4 rings (SSSR count). The number of sulfonamides is 1. The minimum absolute atomic E-state index is 0.197. The fourth-order valence-corrected chi connectivity index (χ4v) is 5.38. The molecule has 0 radical (unpaired) electrons. The molecule has 0 aliphatic carbocycles. The van der Waals surface area contributed by atoms with Crippen molar-refractivity contribution < 1.29 is 17.9 Å². The number of piperazine rings is 1. The summed E-state index contributed by atoms with van der Waals surface area (Å²) in [6, 6.07) is 4.77. The van der Waals surface area contributed by atoms with Gasteiger partial charge in [-0.3, -0.25) is 9.69 Å². The van der Waals surface area contributed by atoms with Gasteiger partial charge in [-0.1, -0.05) is 6.07 Å². The number of hydrogen-bond donors (Lipinski definition) is 0. The fraction of sp³-hybridized carbons (Fsp3) is 0.500. The van der Waals surface area contributed by atoms with Gasteiger partial charge in [-0.2, -0.15) is 13.1 Å². The second kappa shape index (κ2) is 6.03. The second-order valence-electron chi connectivity index (χ2n) is 5.80. The molecule has 3 heterocycles. The smallest absolute Gasteiger partial charge is 0.323 e. The van der Waals surface area contributed by atoms with E-state index < -0.39 is 10.0 Å². The van der Waals surface area contributed by atoms with Crippen molar-refractivity contribution in [1.82, 2.24) is 18.0 Å². The maximum absolute atomic E-state index is 12.9. The van der Waals surface area contributed by atoms with E-state index in [9.17, 15) is 13.2 Å². The Kier molecular flexibility index (Phi) is 3.99. The van der Waals surface area contributed by atoms with Gasteiger partial charge in [0.1, 0.15) is 22.0 Å². The van der Waals surface area contributed by atoms with Gasteiger partial charge >= 0.3 is 5.97 Å². The number of carbonyl (C=O) groups excluding carboxylic acids is 1. The van der Waals surface area contributed by atoms with E-state index in [2.05, 4.69) is 8.75 Å². The van der Waals surface area contributed by atoms with Crippen molar-refractivity contribution in [2.45, 2.75) is 17.4 Å². The number of carbonyl (C=O) groups is 1. The van der Waals surface area contributed by atoms with Crippen molar-refractivity contribution in [2.24, 2.45) is 0 Å². The molecule has 2 fully saturated rings. The predicted molar refractivity (Wildman–Crippen MR) is 87.1 cm³/mol. The number of ether oxygens (including phenoxy) is 1. The molecule has 2 aromatic rings. The van der Waals surface area contributed by atoms with Crippen molar-refractivity contribution in [3.05, 3.63) is 18.2 Å². The molecule has 0 bridgehead atoms. The van der Waals surface area contributed by atoms with Crippen molar-refractivity contribution in [3.63, 3.8) is 0 Å². The lowest BCUT2D eigenvalue weighted by molar-refractivity contribution is -0.142. The SMILES string of the molecule is O=C1OCC[C@@H]1N1CCN(S(=O)(=O)c2cccc3nsnc23)CC1. The van der Waals surface area contributed by atoms with Crippen LogP contribution in [0.15, 0.2) is 23.1 Å². The lowest BCUT2D eigenvalue weighted by Gasteiger charge is -2.35. The minimum atomic E-state index is -3.62. The molecular formula is C14H16N4O4S2. The molecule has 2 aliphatic rings. The van der Waals surface area contributed by atoms with E-state index in [0.717, 1.165) is 11.7 Å². The normalized spacial score (nSPS) is 23.7. The maximum Gasteiger partial charge on any atom is 0.323 e. The van der Waals surface area contributed by atoms with Crippen LogP contribution >= 0.6 is 11.7 Å². The standard InChI is InChI=1S/C14H16N4O4S2/c19-14-11(4-9-22-14)17-5-7-18(8-6-17)24(20,21)12-3-1-2-10-13(12)16-23-15-10/h1-3,11H,4-9H2/t11-/m0/s1. The third-order valence-electron chi connectivity index (χ3n) is 4.49. The fourth-order valence-electron chi connectivity index (χ4n) is 3.20. The monoisotopic (exact) mass is 368 g/mol. The third kappa shape index (κ3) is 2.59. The molecule has 0 N–H and O–H groups in total. The van der Waals surface area contributed by atoms with Gasteiger partial charge in [0, 0.05) is 32.6 Å². The van der Waals surface area contributed by atoms with Crippen LogP contribution in [0.1, 0.15) is 6.42 Å². The predicted octanol–water partition coefficient (Wildman–Crippen LogP) is 0.313. The zero-order valence-corrected chi connectivity index (χ0v) is 14.4. The molecule has 24 heavy (non-hydrogen) atoms. The highest BCUT2D eigenvalue weighted by Crippen LogP contribution is 2.26. The van der Waals surface area contributed by atoms with Crippen LogP contribution in [0.25, 0.3) is 11.0 Å². The average Bonchev–Trinajstić information content (AvgIpc) is 3.23. The van der Waals surface area contributed by atoms with Crippen molar-refractivity contribution >= 4 is 38.8 Å². The first-order valence-corrected chi connectivity index (χ1v) is 9.86. The van der Waals surface area contributed by atoms with E-state index >= 15 is 0 Å². The molecule has 10 heteroatoms. The van der Waals surface area contributed by atoms with Gasteiger partial charge in [0.15, 0.2) is 0 Å². The van der Waals surface area contributed by atoms with Crippen LogP contribution in [-0.4, -0.2) is 71.2 Å². The van der Waals surface area contributed by atoms with E-state index in [1.807, 2.05) is 4.90 Å². The number of cyclic esters (lactones) is 1. The number of benzene rings is 1. The van der Waals surface area contributed by atoms with Crippen LogP contribution in [0.2, 0.25) is 0 Å². The highest BCUT2D eigenvalue weighted by atomic mass is 32.2. The Morgan fingerprint density at radius 2 is 1.96 bits per heavy atom. The molecule has 8 nitrogen and oxygen atoms in total. The topological polar surface area (TPSA) is 92.7 Å². The molecular weight excluding hydrogens is 352 g/mol. The Hall–Kier alpha value is -1.62. The molecule has 2 aliphatic heterocycles. The van der Waals surface area contributed by atoms with E-state index in [4.69, 9.17) is 4.74 Å². The number of esters is 1. The summed E-state index contributed by atoms with van der Waals surface area (Å²) in [7, 11) is -3.62. The van der Waals surface area contributed by atoms with Crippen LogP contribution in [0.5, 0.6) is 0 Å². The summed E-state index contributed by atoms with van der Waals surface area (Å²) in [5, 5.41) is 0. The molecule has 0 saturated carbocycles. The second-order valence-corrected chi connectivity index (χ2v) is 8.23. The quantitative estimate of drug-likeness (QED) is 0.720. The summed E-state index contributed by atoms with van der Waals surface area (Å²) >= 11 is 1.00. The van der Waals surface area contributed by atoms with Gasteiger partial charge in [-0.25, -0.2) is 8.42 Å². The summed E-state index contributed by atoms with van der Waals surface area (Å²) in [6.45, 7) is 2.18. The van der Waals surface area contributed by atoms with Gasteiger partial charge in [-0.15, -0.1) is 0 Å². The van der Waals surface area contributed by atoms with E-state index in [-0.39, 0.29) is 16.9 Å². The first kappa shape index (κ1) is 15.9. The van der Waals surface area contributed by atoms with E-state index in [1.165, 1.54) is 4.31 Å². The lowest BCUT2D eigenvalue weighted by atomic mass is 10.2. The highest BCUT2D eigenvalue weighted by molar-refractivity contribution is 7.89. The van der Waals surface area contributed by atoms with Crippen molar-refractivity contribution in [2.75, 3.05) is 32.8 Å². The van der Waals surface area contributed by atoms with E-state index in [1.54, 1.807) is 18.2 Å². The third-order valence-corrected chi connectivity index (χ3v) is 6.96. The van der Waals surface area contributed by atoms with E-state index in [0.29, 0.717) is 50.2 Å². The average molecular weight is 368 g/mol. The highest BCUT2D eigenvalue weighted by Gasteiger charge is 2.37. The summed E-state index contributed by atoms with van der Waals surface area (Å²) in [4.78, 5) is 13.9. The number of hydrogen-bond acceptors (Lipinski definition) is 8. The molecule has 0 amide bonds. The molecule has 0 unspecified atom stereocenters. The Morgan fingerprint density at radius 3 is 2.67 bits per heavy atom. The Morgan fingerprint density at radius 1 is 1.17 bits per heavy atom. The molecule has 1 atom stereocenters.